The van der Waals surface area contributed by atoms with E-state index >= 15 is 0 Å². The number of nitrogens with zero attached hydrogens (tertiary/aromatic N) is 1. The van der Waals surface area contributed by atoms with Crippen LogP contribution in [0.4, 0.5) is 0 Å². The van der Waals surface area contributed by atoms with E-state index < -0.39 is 12.0 Å². The van der Waals surface area contributed by atoms with Crippen molar-refractivity contribution in [2.24, 2.45) is 5.92 Å². The van der Waals surface area contributed by atoms with Crippen molar-refractivity contribution in [1.82, 2.24) is 4.90 Å². The SMILES string of the molecule is CC(C)C[C@@H](C(=O)O)N(C)Cc1ccc(Cl)cc1. The number of carboxylic acids is 1. The molecular formula is C14H20ClNO2. The first-order valence-electron chi connectivity index (χ1n) is 6.07. The van der Waals surface area contributed by atoms with Gasteiger partial charge in [0, 0.05) is 11.6 Å². The molecule has 4 heteroatoms. The summed E-state index contributed by atoms with van der Waals surface area (Å²) in [6, 6.07) is 7.05. The maximum atomic E-state index is 11.3. The third-order valence-electron chi connectivity index (χ3n) is 2.86. The molecule has 0 heterocycles. The minimum atomic E-state index is -0.764. The number of carboxylic acid groups (broad SMARTS) is 1. The Kier molecular flexibility index (Phi) is 5.63. The first-order chi connectivity index (χ1) is 8.40. The fourth-order valence-electron chi connectivity index (χ4n) is 1.90. The summed E-state index contributed by atoms with van der Waals surface area (Å²) in [6.07, 6.45) is 0.652. The van der Waals surface area contributed by atoms with Gasteiger partial charge in [0.15, 0.2) is 0 Å². The second-order valence-corrected chi connectivity index (χ2v) is 5.46. The van der Waals surface area contributed by atoms with E-state index in [0.717, 1.165) is 5.56 Å². The molecule has 100 valence electrons. The van der Waals surface area contributed by atoms with E-state index in [2.05, 4.69) is 0 Å². The van der Waals surface area contributed by atoms with Gasteiger partial charge in [-0.2, -0.15) is 0 Å². The molecule has 0 amide bonds. The molecule has 18 heavy (non-hydrogen) atoms. The van der Waals surface area contributed by atoms with Crippen LogP contribution in [0.5, 0.6) is 0 Å². The molecule has 1 aromatic carbocycles. The summed E-state index contributed by atoms with van der Waals surface area (Å²) in [5, 5.41) is 9.94. The smallest absolute Gasteiger partial charge is 0.320 e. The molecule has 1 rings (SSSR count). The van der Waals surface area contributed by atoms with Gasteiger partial charge in [-0.1, -0.05) is 37.6 Å². The minimum absolute atomic E-state index is 0.360. The monoisotopic (exact) mass is 269 g/mol. The van der Waals surface area contributed by atoms with Gasteiger partial charge in [-0.3, -0.25) is 9.69 Å². The zero-order chi connectivity index (χ0) is 13.7. The van der Waals surface area contributed by atoms with Crippen LogP contribution >= 0.6 is 11.6 Å². The van der Waals surface area contributed by atoms with E-state index in [1.165, 1.54) is 0 Å². The van der Waals surface area contributed by atoms with Crippen LogP contribution in [0.3, 0.4) is 0 Å². The number of halogens is 1. The lowest BCUT2D eigenvalue weighted by Crippen LogP contribution is -2.39. The van der Waals surface area contributed by atoms with Crippen LogP contribution in [0.1, 0.15) is 25.8 Å². The van der Waals surface area contributed by atoms with Crippen molar-refractivity contribution in [2.75, 3.05) is 7.05 Å². The van der Waals surface area contributed by atoms with Gasteiger partial charge >= 0.3 is 5.97 Å². The lowest BCUT2D eigenvalue weighted by atomic mass is 10.0. The van der Waals surface area contributed by atoms with E-state index in [1.807, 2.05) is 50.1 Å². The zero-order valence-electron chi connectivity index (χ0n) is 11.1. The summed E-state index contributed by atoms with van der Waals surface area (Å²) < 4.78 is 0. The van der Waals surface area contributed by atoms with Crippen molar-refractivity contribution in [3.05, 3.63) is 34.9 Å². The van der Waals surface area contributed by atoms with Crippen LogP contribution in [0.2, 0.25) is 5.02 Å². The maximum absolute atomic E-state index is 11.3. The van der Waals surface area contributed by atoms with E-state index in [1.54, 1.807) is 0 Å². The van der Waals surface area contributed by atoms with E-state index in [0.29, 0.717) is 23.9 Å². The predicted molar refractivity (Wildman–Crippen MR) is 73.8 cm³/mol. The van der Waals surface area contributed by atoms with Gasteiger partial charge in [0.25, 0.3) is 0 Å². The third kappa shape index (κ3) is 4.67. The molecule has 0 aliphatic carbocycles. The number of benzene rings is 1. The highest BCUT2D eigenvalue weighted by atomic mass is 35.5. The number of hydrogen-bond donors (Lipinski definition) is 1. The van der Waals surface area contributed by atoms with Crippen LogP contribution in [0, 0.1) is 5.92 Å². The largest absolute Gasteiger partial charge is 0.480 e. The summed E-state index contributed by atoms with van der Waals surface area (Å²) in [4.78, 5) is 13.1. The molecule has 3 nitrogen and oxygen atoms in total. The van der Waals surface area contributed by atoms with Crippen LogP contribution in [0.15, 0.2) is 24.3 Å². The summed E-state index contributed by atoms with van der Waals surface area (Å²) in [5.74, 6) is -0.404. The van der Waals surface area contributed by atoms with Gasteiger partial charge in [0.05, 0.1) is 0 Å². The Morgan fingerprint density at radius 2 is 1.89 bits per heavy atom. The molecule has 1 atom stereocenters. The first-order valence-corrected chi connectivity index (χ1v) is 6.45. The van der Waals surface area contributed by atoms with E-state index in [-0.39, 0.29) is 0 Å². The number of aliphatic carboxylic acids is 1. The van der Waals surface area contributed by atoms with Crippen molar-refractivity contribution >= 4 is 17.6 Å². The molecule has 0 spiro atoms. The van der Waals surface area contributed by atoms with Gasteiger partial charge in [-0.15, -0.1) is 0 Å². The maximum Gasteiger partial charge on any atom is 0.320 e. The topological polar surface area (TPSA) is 40.5 Å². The highest BCUT2D eigenvalue weighted by molar-refractivity contribution is 6.30. The molecule has 0 saturated carbocycles. The summed E-state index contributed by atoms with van der Waals surface area (Å²) >= 11 is 5.82. The van der Waals surface area contributed by atoms with Crippen molar-refractivity contribution in [3.8, 4) is 0 Å². The highest BCUT2D eigenvalue weighted by Crippen LogP contribution is 2.15. The fraction of sp³-hybridized carbons (Fsp3) is 0.500. The summed E-state index contributed by atoms with van der Waals surface area (Å²) in [7, 11) is 1.84. The molecular weight excluding hydrogens is 250 g/mol. The Hall–Kier alpha value is -1.06. The van der Waals surface area contributed by atoms with E-state index in [4.69, 9.17) is 11.6 Å². The Labute approximate surface area is 113 Å². The molecule has 0 unspecified atom stereocenters. The van der Waals surface area contributed by atoms with Crippen molar-refractivity contribution in [3.63, 3.8) is 0 Å². The molecule has 0 fully saturated rings. The molecule has 0 aromatic heterocycles. The number of carbonyl (C=O) groups is 1. The average molecular weight is 270 g/mol. The highest BCUT2D eigenvalue weighted by Gasteiger charge is 2.23. The Bertz CT molecular complexity index is 389. The standard InChI is InChI=1S/C14H20ClNO2/c1-10(2)8-13(14(17)18)16(3)9-11-4-6-12(15)7-5-11/h4-7,10,13H,8-9H2,1-3H3,(H,17,18)/t13-/m0/s1. The zero-order valence-corrected chi connectivity index (χ0v) is 11.8. The minimum Gasteiger partial charge on any atom is -0.480 e. The molecule has 1 aromatic rings. The van der Waals surface area contributed by atoms with Crippen LogP contribution in [-0.4, -0.2) is 29.1 Å². The number of likely N-dealkylation sites (N-methyl/N-ethyl adjacent to an activating group) is 1. The van der Waals surface area contributed by atoms with Gasteiger partial charge in [-0.05, 0) is 37.1 Å². The Morgan fingerprint density at radius 3 is 2.33 bits per heavy atom. The van der Waals surface area contributed by atoms with Crippen LogP contribution in [-0.2, 0) is 11.3 Å². The molecule has 0 bridgehead atoms. The van der Waals surface area contributed by atoms with Gasteiger partial charge in [0.1, 0.15) is 6.04 Å². The summed E-state index contributed by atoms with van der Waals surface area (Å²) in [5.41, 5.74) is 1.07. The number of hydrogen-bond acceptors (Lipinski definition) is 2. The average Bonchev–Trinajstić information content (AvgIpc) is 2.28. The van der Waals surface area contributed by atoms with Crippen LogP contribution in [0.25, 0.3) is 0 Å². The van der Waals surface area contributed by atoms with Crippen molar-refractivity contribution < 1.29 is 9.90 Å². The lowest BCUT2D eigenvalue weighted by molar-refractivity contribution is -0.143. The molecule has 0 aliphatic heterocycles. The second kappa shape index (κ2) is 6.76. The lowest BCUT2D eigenvalue weighted by Gasteiger charge is -2.26. The normalized spacial score (nSPS) is 13.0. The van der Waals surface area contributed by atoms with Gasteiger partial charge in [-0.25, -0.2) is 0 Å². The molecule has 0 aliphatic rings. The molecule has 0 saturated heterocycles. The van der Waals surface area contributed by atoms with Crippen molar-refractivity contribution in [1.29, 1.82) is 0 Å². The summed E-state index contributed by atoms with van der Waals surface area (Å²) in [6.45, 7) is 4.68. The predicted octanol–water partition coefficient (Wildman–Crippen LogP) is 3.27. The second-order valence-electron chi connectivity index (χ2n) is 5.03. The molecule has 0 radical (unpaired) electrons. The van der Waals surface area contributed by atoms with Gasteiger partial charge in [0.2, 0.25) is 0 Å². The fourth-order valence-corrected chi connectivity index (χ4v) is 2.03. The van der Waals surface area contributed by atoms with E-state index in [9.17, 15) is 9.90 Å². The van der Waals surface area contributed by atoms with Crippen LogP contribution < -0.4 is 0 Å². The number of rotatable bonds is 6. The third-order valence-corrected chi connectivity index (χ3v) is 3.11. The quantitative estimate of drug-likeness (QED) is 0.862. The van der Waals surface area contributed by atoms with Gasteiger partial charge < -0.3 is 5.11 Å². The first kappa shape index (κ1) is 15.0. The Balaban J connectivity index is 2.69. The Morgan fingerprint density at radius 1 is 1.33 bits per heavy atom. The van der Waals surface area contributed by atoms with Crippen molar-refractivity contribution in [2.45, 2.75) is 32.9 Å². The molecule has 1 N–H and O–H groups in total.